The van der Waals surface area contributed by atoms with E-state index in [2.05, 4.69) is 22.2 Å². The van der Waals surface area contributed by atoms with Crippen molar-refractivity contribution in [2.24, 2.45) is 0 Å². The second-order valence-electron chi connectivity index (χ2n) is 3.59. The minimum atomic E-state index is 0.230. The highest BCUT2D eigenvalue weighted by Gasteiger charge is 2.04. The summed E-state index contributed by atoms with van der Waals surface area (Å²) in [5, 5.41) is 12.2. The van der Waals surface area contributed by atoms with Crippen LogP contribution in [0.1, 0.15) is 31.3 Å². The molecule has 0 aliphatic heterocycles. The van der Waals surface area contributed by atoms with Gasteiger partial charge in [-0.3, -0.25) is 0 Å². The molecular formula is C11H19N3O. The van der Waals surface area contributed by atoms with Gasteiger partial charge in [0.1, 0.15) is 5.82 Å². The number of nitrogens with one attached hydrogen (secondary N) is 1. The van der Waals surface area contributed by atoms with E-state index < -0.39 is 0 Å². The Morgan fingerprint density at radius 2 is 2.33 bits per heavy atom. The molecule has 0 fully saturated rings. The Bertz CT molecular complexity index is 291. The normalized spacial score (nSPS) is 12.7. The van der Waals surface area contributed by atoms with Crippen LogP contribution in [0.15, 0.2) is 12.3 Å². The van der Waals surface area contributed by atoms with Crippen LogP contribution < -0.4 is 5.32 Å². The first kappa shape index (κ1) is 12.1. The van der Waals surface area contributed by atoms with Crippen molar-refractivity contribution in [3.63, 3.8) is 0 Å². The quantitative estimate of drug-likeness (QED) is 0.735. The Hall–Kier alpha value is -1.00. The van der Waals surface area contributed by atoms with Gasteiger partial charge in [-0.05, 0) is 25.8 Å². The Morgan fingerprint density at radius 3 is 2.93 bits per heavy atom. The molecule has 1 rings (SSSR count). The van der Waals surface area contributed by atoms with Gasteiger partial charge < -0.3 is 10.4 Å². The summed E-state index contributed by atoms with van der Waals surface area (Å²) in [4.78, 5) is 8.35. The van der Waals surface area contributed by atoms with Crippen molar-refractivity contribution in [1.29, 1.82) is 0 Å². The van der Waals surface area contributed by atoms with Gasteiger partial charge in [0.05, 0.1) is 5.69 Å². The van der Waals surface area contributed by atoms with E-state index in [1.54, 1.807) is 6.20 Å². The monoisotopic (exact) mass is 209 g/mol. The van der Waals surface area contributed by atoms with Gasteiger partial charge in [-0.2, -0.15) is 0 Å². The van der Waals surface area contributed by atoms with Crippen LogP contribution in [0.2, 0.25) is 0 Å². The van der Waals surface area contributed by atoms with Crippen LogP contribution in [-0.2, 0) is 6.54 Å². The highest BCUT2D eigenvalue weighted by Crippen LogP contribution is 2.00. The van der Waals surface area contributed by atoms with E-state index in [0.717, 1.165) is 30.9 Å². The van der Waals surface area contributed by atoms with Crippen LogP contribution in [0.25, 0.3) is 0 Å². The molecule has 15 heavy (non-hydrogen) atoms. The molecule has 0 aromatic carbocycles. The van der Waals surface area contributed by atoms with Crippen LogP contribution in [0.5, 0.6) is 0 Å². The third kappa shape index (κ3) is 4.36. The third-order valence-electron chi connectivity index (χ3n) is 2.38. The van der Waals surface area contributed by atoms with Crippen LogP contribution in [-0.4, -0.2) is 27.7 Å². The van der Waals surface area contributed by atoms with Crippen LogP contribution in [0.3, 0.4) is 0 Å². The summed E-state index contributed by atoms with van der Waals surface area (Å²) in [7, 11) is 0. The lowest BCUT2D eigenvalue weighted by Gasteiger charge is -2.15. The fraction of sp³-hybridized carbons (Fsp3) is 0.636. The summed E-state index contributed by atoms with van der Waals surface area (Å²) in [6.45, 7) is 4.96. The molecule has 4 nitrogen and oxygen atoms in total. The van der Waals surface area contributed by atoms with E-state index in [1.165, 1.54) is 0 Å². The highest BCUT2D eigenvalue weighted by atomic mass is 16.3. The first-order valence-electron chi connectivity index (χ1n) is 5.39. The maximum Gasteiger partial charge on any atom is 0.125 e. The van der Waals surface area contributed by atoms with Crippen molar-refractivity contribution in [3.05, 3.63) is 23.8 Å². The number of aryl methyl sites for hydroxylation is 1. The van der Waals surface area contributed by atoms with Crippen molar-refractivity contribution < 1.29 is 5.11 Å². The Labute approximate surface area is 90.8 Å². The van der Waals surface area contributed by atoms with E-state index in [1.807, 2.05) is 13.0 Å². The van der Waals surface area contributed by atoms with Crippen molar-refractivity contribution in [2.45, 2.75) is 39.3 Å². The van der Waals surface area contributed by atoms with Crippen LogP contribution >= 0.6 is 0 Å². The van der Waals surface area contributed by atoms with Gasteiger partial charge in [-0.25, -0.2) is 9.97 Å². The summed E-state index contributed by atoms with van der Waals surface area (Å²) in [5.41, 5.74) is 0.999. The first-order valence-corrected chi connectivity index (χ1v) is 5.39. The van der Waals surface area contributed by atoms with E-state index in [0.29, 0.717) is 6.04 Å². The summed E-state index contributed by atoms with van der Waals surface area (Å²) >= 11 is 0. The molecule has 0 radical (unpaired) electrons. The number of rotatable bonds is 6. The molecule has 84 valence electrons. The van der Waals surface area contributed by atoms with E-state index in [-0.39, 0.29) is 6.61 Å². The summed E-state index contributed by atoms with van der Waals surface area (Å²) in [5.74, 6) is 0.796. The second kappa shape index (κ2) is 6.48. The zero-order chi connectivity index (χ0) is 11.1. The van der Waals surface area contributed by atoms with Crippen molar-refractivity contribution >= 4 is 0 Å². The topological polar surface area (TPSA) is 58.0 Å². The maximum absolute atomic E-state index is 8.84. The number of hydrogen-bond acceptors (Lipinski definition) is 4. The number of aliphatic hydroxyl groups is 1. The Balaban J connectivity index is 2.41. The van der Waals surface area contributed by atoms with Gasteiger partial charge >= 0.3 is 0 Å². The molecular weight excluding hydrogens is 190 g/mol. The fourth-order valence-corrected chi connectivity index (χ4v) is 1.46. The van der Waals surface area contributed by atoms with Crippen molar-refractivity contribution in [3.8, 4) is 0 Å². The standard InChI is InChI=1S/C11H19N3O/c1-3-10(5-7-15)13-8-11-4-6-12-9(2)14-11/h4,6,10,13,15H,3,5,7-8H2,1-2H3. The van der Waals surface area contributed by atoms with Gasteiger partial charge in [0, 0.05) is 25.4 Å². The largest absolute Gasteiger partial charge is 0.396 e. The van der Waals surface area contributed by atoms with Gasteiger partial charge in [-0.15, -0.1) is 0 Å². The Kier molecular flexibility index (Phi) is 5.21. The molecule has 4 heteroatoms. The molecule has 0 amide bonds. The molecule has 0 spiro atoms. The average Bonchev–Trinajstić information content (AvgIpc) is 2.24. The second-order valence-corrected chi connectivity index (χ2v) is 3.59. The molecule has 1 aromatic rings. The lowest BCUT2D eigenvalue weighted by atomic mass is 10.1. The fourth-order valence-electron chi connectivity index (χ4n) is 1.46. The summed E-state index contributed by atoms with van der Waals surface area (Å²) < 4.78 is 0. The average molecular weight is 209 g/mol. The van der Waals surface area contributed by atoms with Crippen molar-refractivity contribution in [2.75, 3.05) is 6.61 Å². The molecule has 0 saturated heterocycles. The molecule has 0 saturated carbocycles. The molecule has 0 aliphatic rings. The lowest BCUT2D eigenvalue weighted by molar-refractivity contribution is 0.261. The summed E-state index contributed by atoms with van der Waals surface area (Å²) in [6, 6.07) is 2.27. The molecule has 2 N–H and O–H groups in total. The van der Waals surface area contributed by atoms with E-state index in [9.17, 15) is 0 Å². The van der Waals surface area contributed by atoms with Gasteiger partial charge in [-0.1, -0.05) is 6.92 Å². The SMILES string of the molecule is CCC(CCO)NCc1ccnc(C)n1. The molecule has 0 aliphatic carbocycles. The molecule has 1 aromatic heterocycles. The predicted molar refractivity (Wildman–Crippen MR) is 59.4 cm³/mol. The van der Waals surface area contributed by atoms with Gasteiger partial charge in [0.15, 0.2) is 0 Å². The van der Waals surface area contributed by atoms with Gasteiger partial charge in [0.25, 0.3) is 0 Å². The minimum absolute atomic E-state index is 0.230. The van der Waals surface area contributed by atoms with Gasteiger partial charge in [0.2, 0.25) is 0 Å². The van der Waals surface area contributed by atoms with Crippen LogP contribution in [0.4, 0.5) is 0 Å². The molecule has 0 bridgehead atoms. The number of nitrogens with zero attached hydrogens (tertiary/aromatic N) is 2. The molecule has 1 heterocycles. The molecule has 1 atom stereocenters. The smallest absolute Gasteiger partial charge is 0.125 e. The maximum atomic E-state index is 8.84. The van der Waals surface area contributed by atoms with Crippen molar-refractivity contribution in [1.82, 2.24) is 15.3 Å². The van der Waals surface area contributed by atoms with E-state index >= 15 is 0 Å². The van der Waals surface area contributed by atoms with Crippen LogP contribution in [0, 0.1) is 6.92 Å². The first-order chi connectivity index (χ1) is 7.26. The number of aromatic nitrogens is 2. The lowest BCUT2D eigenvalue weighted by Crippen LogP contribution is -2.29. The third-order valence-corrected chi connectivity index (χ3v) is 2.38. The highest BCUT2D eigenvalue weighted by molar-refractivity contribution is 5.01. The van der Waals surface area contributed by atoms with E-state index in [4.69, 9.17) is 5.11 Å². The zero-order valence-corrected chi connectivity index (χ0v) is 9.40. The Morgan fingerprint density at radius 1 is 1.53 bits per heavy atom. The molecule has 1 unspecified atom stereocenters. The number of aliphatic hydroxyl groups excluding tert-OH is 1. The summed E-state index contributed by atoms with van der Waals surface area (Å²) in [6.07, 6.45) is 3.58. The minimum Gasteiger partial charge on any atom is -0.396 e. The zero-order valence-electron chi connectivity index (χ0n) is 9.40. The predicted octanol–water partition coefficient (Wildman–Crippen LogP) is 1.04. The number of hydrogen-bond donors (Lipinski definition) is 2.